The molecule has 1 atom stereocenters. The van der Waals surface area contributed by atoms with Crippen molar-refractivity contribution >= 4 is 17.5 Å². The van der Waals surface area contributed by atoms with Gasteiger partial charge in [0, 0.05) is 5.02 Å². The molecule has 2 rings (SSSR count). The Morgan fingerprint density at radius 1 is 1.56 bits per heavy atom. The smallest absolute Gasteiger partial charge is 0.269 e. The number of imidazole rings is 1. The highest BCUT2D eigenvalue weighted by molar-refractivity contribution is 6.30. The standard InChI is InChI=1S/C12H12ClN3O2/c13-9-3-1-2-8(4-9)11(6-17)16-12(18)10-5-14-7-15-10/h1-5,7,11,17H,6H2,(H,14,15)(H,16,18). The minimum atomic E-state index is -0.500. The number of amides is 1. The van der Waals surface area contributed by atoms with Crippen molar-refractivity contribution in [2.75, 3.05) is 6.61 Å². The van der Waals surface area contributed by atoms with Crippen LogP contribution in [0.15, 0.2) is 36.8 Å². The zero-order valence-electron chi connectivity index (χ0n) is 9.43. The van der Waals surface area contributed by atoms with Gasteiger partial charge in [0.1, 0.15) is 5.69 Å². The third-order valence-corrected chi connectivity index (χ3v) is 2.72. The lowest BCUT2D eigenvalue weighted by Gasteiger charge is -2.16. The van der Waals surface area contributed by atoms with Gasteiger partial charge in [-0.1, -0.05) is 23.7 Å². The Kier molecular flexibility index (Phi) is 3.96. The SMILES string of the molecule is O=C(NC(CO)c1cccc(Cl)c1)c1cnc[nH]1. The van der Waals surface area contributed by atoms with E-state index < -0.39 is 6.04 Å². The number of hydrogen-bond donors (Lipinski definition) is 3. The van der Waals surface area contributed by atoms with E-state index in [0.29, 0.717) is 10.7 Å². The number of benzene rings is 1. The van der Waals surface area contributed by atoms with Gasteiger partial charge in [0.2, 0.25) is 0 Å². The minimum absolute atomic E-state index is 0.208. The quantitative estimate of drug-likeness (QED) is 0.784. The summed E-state index contributed by atoms with van der Waals surface area (Å²) < 4.78 is 0. The number of carbonyl (C=O) groups is 1. The van der Waals surface area contributed by atoms with Crippen molar-refractivity contribution < 1.29 is 9.90 Å². The van der Waals surface area contributed by atoms with Crippen LogP contribution in [0.4, 0.5) is 0 Å². The molecule has 0 saturated carbocycles. The summed E-state index contributed by atoms with van der Waals surface area (Å²) in [5.41, 5.74) is 1.09. The number of aromatic nitrogens is 2. The highest BCUT2D eigenvalue weighted by Gasteiger charge is 2.15. The molecule has 2 aromatic rings. The normalized spacial score (nSPS) is 12.1. The summed E-state index contributed by atoms with van der Waals surface area (Å²) in [5.74, 6) is -0.327. The third kappa shape index (κ3) is 2.88. The van der Waals surface area contributed by atoms with Crippen LogP contribution in [0.25, 0.3) is 0 Å². The van der Waals surface area contributed by atoms with E-state index in [2.05, 4.69) is 15.3 Å². The van der Waals surface area contributed by atoms with Gasteiger partial charge in [-0.05, 0) is 17.7 Å². The van der Waals surface area contributed by atoms with Crippen LogP contribution in [-0.4, -0.2) is 27.6 Å². The molecule has 94 valence electrons. The van der Waals surface area contributed by atoms with E-state index >= 15 is 0 Å². The number of aliphatic hydroxyl groups excluding tert-OH is 1. The van der Waals surface area contributed by atoms with Gasteiger partial charge in [0.05, 0.1) is 25.2 Å². The van der Waals surface area contributed by atoms with Crippen LogP contribution in [0.5, 0.6) is 0 Å². The van der Waals surface area contributed by atoms with Gasteiger partial charge < -0.3 is 15.4 Å². The van der Waals surface area contributed by atoms with E-state index in [1.807, 2.05) is 0 Å². The Labute approximate surface area is 109 Å². The van der Waals surface area contributed by atoms with Crippen LogP contribution in [0.2, 0.25) is 5.02 Å². The van der Waals surface area contributed by atoms with Crippen molar-refractivity contribution in [2.45, 2.75) is 6.04 Å². The fraction of sp³-hybridized carbons (Fsp3) is 0.167. The first-order valence-electron chi connectivity index (χ1n) is 5.36. The van der Waals surface area contributed by atoms with Crippen LogP contribution in [0.1, 0.15) is 22.1 Å². The molecule has 0 aliphatic carbocycles. The number of nitrogens with one attached hydrogen (secondary N) is 2. The second-order valence-electron chi connectivity index (χ2n) is 3.73. The van der Waals surface area contributed by atoms with Crippen LogP contribution in [0.3, 0.4) is 0 Å². The summed E-state index contributed by atoms with van der Waals surface area (Å²) in [7, 11) is 0. The van der Waals surface area contributed by atoms with Crippen LogP contribution in [0, 0.1) is 0 Å². The molecule has 3 N–H and O–H groups in total. The molecule has 1 aromatic carbocycles. The monoisotopic (exact) mass is 265 g/mol. The summed E-state index contributed by atoms with van der Waals surface area (Å²) in [4.78, 5) is 18.3. The van der Waals surface area contributed by atoms with Crippen molar-refractivity contribution in [3.63, 3.8) is 0 Å². The number of carbonyl (C=O) groups excluding carboxylic acids is 1. The Balaban J connectivity index is 2.13. The highest BCUT2D eigenvalue weighted by Crippen LogP contribution is 2.17. The first-order chi connectivity index (χ1) is 8.70. The van der Waals surface area contributed by atoms with E-state index in [1.165, 1.54) is 12.5 Å². The predicted molar refractivity (Wildman–Crippen MR) is 67.3 cm³/mol. The summed E-state index contributed by atoms with van der Waals surface area (Å²) in [6, 6.07) is 6.49. The third-order valence-electron chi connectivity index (χ3n) is 2.48. The van der Waals surface area contributed by atoms with Gasteiger partial charge >= 0.3 is 0 Å². The molecular formula is C12H12ClN3O2. The van der Waals surface area contributed by atoms with Crippen molar-refractivity contribution in [1.29, 1.82) is 0 Å². The lowest BCUT2D eigenvalue weighted by Crippen LogP contribution is -2.31. The average Bonchev–Trinajstić information content (AvgIpc) is 2.89. The number of aromatic amines is 1. The fourth-order valence-corrected chi connectivity index (χ4v) is 1.77. The van der Waals surface area contributed by atoms with Crippen LogP contribution in [-0.2, 0) is 0 Å². The lowest BCUT2D eigenvalue weighted by molar-refractivity contribution is 0.0911. The Morgan fingerprint density at radius 2 is 2.39 bits per heavy atom. The molecule has 6 heteroatoms. The summed E-state index contributed by atoms with van der Waals surface area (Å²) in [6.45, 7) is -0.208. The zero-order chi connectivity index (χ0) is 13.0. The van der Waals surface area contributed by atoms with Gasteiger partial charge in [-0.3, -0.25) is 4.79 Å². The molecule has 0 radical (unpaired) electrons. The molecule has 1 amide bonds. The molecular weight excluding hydrogens is 254 g/mol. The van der Waals surface area contributed by atoms with E-state index in [1.54, 1.807) is 24.3 Å². The summed E-state index contributed by atoms with van der Waals surface area (Å²) in [5, 5.41) is 12.6. The molecule has 1 aromatic heterocycles. The first-order valence-corrected chi connectivity index (χ1v) is 5.74. The molecule has 5 nitrogen and oxygen atoms in total. The molecule has 0 fully saturated rings. The van der Waals surface area contributed by atoms with Crippen LogP contribution < -0.4 is 5.32 Å². The largest absolute Gasteiger partial charge is 0.394 e. The van der Waals surface area contributed by atoms with Gasteiger partial charge in [0.15, 0.2) is 0 Å². The Bertz CT molecular complexity index is 528. The predicted octanol–water partition coefficient (Wildman–Crippen LogP) is 1.53. The number of hydrogen-bond acceptors (Lipinski definition) is 3. The van der Waals surface area contributed by atoms with Crippen molar-refractivity contribution in [3.8, 4) is 0 Å². The van der Waals surface area contributed by atoms with Crippen molar-refractivity contribution in [2.24, 2.45) is 0 Å². The van der Waals surface area contributed by atoms with Crippen LogP contribution >= 0.6 is 11.6 Å². The maximum Gasteiger partial charge on any atom is 0.269 e. The summed E-state index contributed by atoms with van der Waals surface area (Å²) >= 11 is 5.87. The van der Waals surface area contributed by atoms with E-state index in [9.17, 15) is 9.90 Å². The maximum absolute atomic E-state index is 11.8. The first kappa shape index (κ1) is 12.6. The topological polar surface area (TPSA) is 78.0 Å². The minimum Gasteiger partial charge on any atom is -0.394 e. The van der Waals surface area contributed by atoms with Gasteiger partial charge in [0.25, 0.3) is 5.91 Å². The van der Waals surface area contributed by atoms with E-state index in [0.717, 1.165) is 5.56 Å². The number of nitrogens with zero attached hydrogens (tertiary/aromatic N) is 1. The molecule has 0 saturated heterocycles. The molecule has 18 heavy (non-hydrogen) atoms. The maximum atomic E-state index is 11.8. The zero-order valence-corrected chi connectivity index (χ0v) is 10.2. The average molecular weight is 266 g/mol. The number of aliphatic hydroxyl groups is 1. The molecule has 0 aliphatic heterocycles. The van der Waals surface area contributed by atoms with Gasteiger partial charge in [-0.2, -0.15) is 0 Å². The lowest BCUT2D eigenvalue weighted by atomic mass is 10.1. The molecule has 0 aliphatic rings. The van der Waals surface area contributed by atoms with Gasteiger partial charge in [-0.25, -0.2) is 4.98 Å². The number of rotatable bonds is 4. The molecule has 0 spiro atoms. The van der Waals surface area contributed by atoms with Crippen molar-refractivity contribution in [1.82, 2.24) is 15.3 Å². The number of halogens is 1. The molecule has 1 heterocycles. The van der Waals surface area contributed by atoms with Gasteiger partial charge in [-0.15, -0.1) is 0 Å². The fourth-order valence-electron chi connectivity index (χ4n) is 1.57. The van der Waals surface area contributed by atoms with E-state index in [-0.39, 0.29) is 12.5 Å². The van der Waals surface area contributed by atoms with E-state index in [4.69, 9.17) is 11.6 Å². The molecule has 1 unspecified atom stereocenters. The summed E-state index contributed by atoms with van der Waals surface area (Å²) in [6.07, 6.45) is 2.84. The van der Waals surface area contributed by atoms with Crippen molar-refractivity contribution in [3.05, 3.63) is 53.1 Å². The molecule has 0 bridgehead atoms. The Hall–Kier alpha value is -1.85. The number of H-pyrrole nitrogens is 1. The Morgan fingerprint density at radius 3 is 3.00 bits per heavy atom. The highest BCUT2D eigenvalue weighted by atomic mass is 35.5. The second kappa shape index (κ2) is 5.66. The second-order valence-corrected chi connectivity index (χ2v) is 4.17.